The van der Waals surface area contributed by atoms with Gasteiger partial charge in [0.1, 0.15) is 6.04 Å². The third-order valence-electron chi connectivity index (χ3n) is 3.26. The minimum Gasteiger partial charge on any atom is -0.480 e. The fourth-order valence-corrected chi connectivity index (χ4v) is 2.18. The van der Waals surface area contributed by atoms with Crippen LogP contribution >= 0.6 is 0 Å². The Morgan fingerprint density at radius 2 is 2.42 bits per heavy atom. The number of hydrogen-bond acceptors (Lipinski definition) is 4. The molecule has 104 valence electrons. The van der Waals surface area contributed by atoms with E-state index in [1.807, 2.05) is 0 Å². The molecule has 0 saturated carbocycles. The summed E-state index contributed by atoms with van der Waals surface area (Å²) >= 11 is 0. The molecule has 2 rings (SSSR count). The van der Waals surface area contributed by atoms with Crippen molar-refractivity contribution < 1.29 is 14.7 Å². The Morgan fingerprint density at radius 1 is 1.58 bits per heavy atom. The van der Waals surface area contributed by atoms with Crippen molar-refractivity contribution in [3.05, 3.63) is 18.2 Å². The van der Waals surface area contributed by atoms with E-state index in [4.69, 9.17) is 5.11 Å². The van der Waals surface area contributed by atoms with Gasteiger partial charge < -0.3 is 20.7 Å². The number of carboxylic acid groups (broad SMARTS) is 1. The van der Waals surface area contributed by atoms with Crippen LogP contribution in [-0.4, -0.2) is 46.1 Å². The molecular formula is C12H18N4O3. The highest BCUT2D eigenvalue weighted by atomic mass is 16.4. The average Bonchev–Trinajstić information content (AvgIpc) is 2.91. The van der Waals surface area contributed by atoms with E-state index in [0.29, 0.717) is 12.2 Å². The Labute approximate surface area is 110 Å². The number of aliphatic carboxylic acids is 1. The molecule has 0 aromatic carbocycles. The van der Waals surface area contributed by atoms with E-state index in [-0.39, 0.29) is 18.2 Å². The summed E-state index contributed by atoms with van der Waals surface area (Å²) in [7, 11) is 0. The monoisotopic (exact) mass is 266 g/mol. The van der Waals surface area contributed by atoms with Crippen LogP contribution in [0.2, 0.25) is 0 Å². The predicted molar refractivity (Wildman–Crippen MR) is 67.5 cm³/mol. The summed E-state index contributed by atoms with van der Waals surface area (Å²) in [6.07, 6.45) is 5.00. The van der Waals surface area contributed by atoms with Gasteiger partial charge in [0, 0.05) is 24.9 Å². The number of nitrogens with zero attached hydrogens (tertiary/aromatic N) is 1. The second-order valence-corrected chi connectivity index (χ2v) is 4.72. The SMILES string of the molecule is O=C(O)C(Cc1cnc[nH]1)NC(=O)[C@H]1CCCNC1. The lowest BCUT2D eigenvalue weighted by molar-refractivity contribution is -0.142. The fourth-order valence-electron chi connectivity index (χ4n) is 2.18. The first kappa shape index (κ1) is 13.5. The van der Waals surface area contributed by atoms with Crippen molar-refractivity contribution in [3.63, 3.8) is 0 Å². The van der Waals surface area contributed by atoms with Gasteiger partial charge in [0.25, 0.3) is 0 Å². The standard InChI is InChI=1S/C12H18N4O3/c17-11(8-2-1-3-13-5-8)16-10(12(18)19)4-9-6-14-7-15-9/h6-8,10,13H,1-5H2,(H,14,15)(H,16,17)(H,18,19)/t8-,10?/m0/s1. The molecule has 1 aromatic heterocycles. The summed E-state index contributed by atoms with van der Waals surface area (Å²) in [5.41, 5.74) is 0.689. The Hall–Kier alpha value is -1.89. The van der Waals surface area contributed by atoms with Gasteiger partial charge in [-0.25, -0.2) is 9.78 Å². The maximum atomic E-state index is 12.0. The maximum Gasteiger partial charge on any atom is 0.326 e. The molecule has 0 bridgehead atoms. The van der Waals surface area contributed by atoms with E-state index in [1.54, 1.807) is 6.20 Å². The van der Waals surface area contributed by atoms with E-state index in [1.165, 1.54) is 6.33 Å². The summed E-state index contributed by atoms with van der Waals surface area (Å²) in [6.45, 7) is 1.53. The quantitative estimate of drug-likeness (QED) is 0.576. The van der Waals surface area contributed by atoms with Crippen LogP contribution in [0.1, 0.15) is 18.5 Å². The van der Waals surface area contributed by atoms with Gasteiger partial charge in [-0.3, -0.25) is 4.79 Å². The van der Waals surface area contributed by atoms with Crippen molar-refractivity contribution >= 4 is 11.9 Å². The summed E-state index contributed by atoms with van der Waals surface area (Å²) in [6, 6.07) is -0.921. The number of carboxylic acids is 1. The Morgan fingerprint density at radius 3 is 3.00 bits per heavy atom. The summed E-state index contributed by atoms with van der Waals surface area (Å²) in [5.74, 6) is -1.37. The first-order chi connectivity index (χ1) is 9.16. The smallest absolute Gasteiger partial charge is 0.326 e. The second-order valence-electron chi connectivity index (χ2n) is 4.72. The summed E-state index contributed by atoms with van der Waals surface area (Å²) in [5, 5.41) is 14.9. The van der Waals surface area contributed by atoms with Crippen LogP contribution in [0.3, 0.4) is 0 Å². The van der Waals surface area contributed by atoms with Crippen LogP contribution in [0, 0.1) is 5.92 Å². The van der Waals surface area contributed by atoms with Crippen LogP contribution in [-0.2, 0) is 16.0 Å². The number of nitrogens with one attached hydrogen (secondary N) is 3. The number of aromatic amines is 1. The third kappa shape index (κ3) is 3.78. The second kappa shape index (κ2) is 6.33. The highest BCUT2D eigenvalue weighted by Gasteiger charge is 2.26. The molecule has 1 aromatic rings. The molecule has 0 aliphatic carbocycles. The summed E-state index contributed by atoms with van der Waals surface area (Å²) in [4.78, 5) is 29.9. The van der Waals surface area contributed by atoms with Crippen molar-refractivity contribution in [2.45, 2.75) is 25.3 Å². The van der Waals surface area contributed by atoms with E-state index in [2.05, 4.69) is 20.6 Å². The number of amides is 1. The van der Waals surface area contributed by atoms with Crippen molar-refractivity contribution in [1.82, 2.24) is 20.6 Å². The Bertz CT molecular complexity index is 426. The first-order valence-electron chi connectivity index (χ1n) is 6.38. The largest absolute Gasteiger partial charge is 0.480 e. The van der Waals surface area contributed by atoms with E-state index in [9.17, 15) is 9.59 Å². The maximum absolute atomic E-state index is 12.0. The number of hydrogen-bond donors (Lipinski definition) is 4. The molecular weight excluding hydrogens is 248 g/mol. The van der Waals surface area contributed by atoms with Crippen molar-refractivity contribution in [3.8, 4) is 0 Å². The lowest BCUT2D eigenvalue weighted by atomic mass is 9.98. The molecule has 0 spiro atoms. The number of carbonyl (C=O) groups excluding carboxylic acids is 1. The Kier molecular flexibility index (Phi) is 4.51. The third-order valence-corrected chi connectivity index (χ3v) is 3.26. The summed E-state index contributed by atoms with van der Waals surface area (Å²) < 4.78 is 0. The molecule has 2 atom stereocenters. The number of piperidine rings is 1. The minimum absolute atomic E-state index is 0.141. The molecule has 0 radical (unpaired) electrons. The van der Waals surface area contributed by atoms with Gasteiger partial charge in [-0.05, 0) is 19.4 Å². The molecule has 1 saturated heterocycles. The number of rotatable bonds is 5. The molecule has 19 heavy (non-hydrogen) atoms. The number of imidazole rings is 1. The zero-order valence-corrected chi connectivity index (χ0v) is 10.6. The predicted octanol–water partition coefficient (Wildman–Crippen LogP) is -0.479. The normalized spacial score (nSPS) is 20.7. The molecule has 1 aliphatic heterocycles. The molecule has 1 unspecified atom stereocenters. The van der Waals surface area contributed by atoms with Crippen molar-refractivity contribution in [2.75, 3.05) is 13.1 Å². The lowest BCUT2D eigenvalue weighted by Crippen LogP contribution is -2.48. The van der Waals surface area contributed by atoms with Crippen LogP contribution in [0.4, 0.5) is 0 Å². The van der Waals surface area contributed by atoms with Gasteiger partial charge in [-0.2, -0.15) is 0 Å². The Balaban J connectivity index is 1.92. The zero-order chi connectivity index (χ0) is 13.7. The van der Waals surface area contributed by atoms with E-state index >= 15 is 0 Å². The highest BCUT2D eigenvalue weighted by Crippen LogP contribution is 2.10. The van der Waals surface area contributed by atoms with Gasteiger partial charge in [0.05, 0.1) is 12.2 Å². The first-order valence-corrected chi connectivity index (χ1v) is 6.38. The number of aromatic nitrogens is 2. The molecule has 1 amide bonds. The number of carbonyl (C=O) groups is 2. The topological polar surface area (TPSA) is 107 Å². The van der Waals surface area contributed by atoms with Crippen LogP contribution in [0.5, 0.6) is 0 Å². The lowest BCUT2D eigenvalue weighted by Gasteiger charge is -2.23. The van der Waals surface area contributed by atoms with Crippen LogP contribution in [0.15, 0.2) is 12.5 Å². The van der Waals surface area contributed by atoms with Crippen LogP contribution in [0.25, 0.3) is 0 Å². The van der Waals surface area contributed by atoms with Gasteiger partial charge in [0.2, 0.25) is 5.91 Å². The molecule has 7 heteroatoms. The van der Waals surface area contributed by atoms with Crippen molar-refractivity contribution in [2.24, 2.45) is 5.92 Å². The van der Waals surface area contributed by atoms with Crippen molar-refractivity contribution in [1.29, 1.82) is 0 Å². The molecule has 1 aliphatic rings. The average molecular weight is 266 g/mol. The van der Waals surface area contributed by atoms with Gasteiger partial charge in [-0.1, -0.05) is 0 Å². The number of H-pyrrole nitrogens is 1. The van der Waals surface area contributed by atoms with E-state index in [0.717, 1.165) is 19.4 Å². The molecule has 1 fully saturated rings. The highest BCUT2D eigenvalue weighted by molar-refractivity contribution is 5.85. The van der Waals surface area contributed by atoms with Gasteiger partial charge in [0.15, 0.2) is 0 Å². The van der Waals surface area contributed by atoms with Gasteiger partial charge in [-0.15, -0.1) is 0 Å². The minimum atomic E-state index is -1.04. The van der Waals surface area contributed by atoms with Crippen LogP contribution < -0.4 is 10.6 Å². The van der Waals surface area contributed by atoms with E-state index < -0.39 is 12.0 Å². The zero-order valence-electron chi connectivity index (χ0n) is 10.6. The molecule has 2 heterocycles. The van der Waals surface area contributed by atoms with Gasteiger partial charge >= 0.3 is 5.97 Å². The molecule has 7 nitrogen and oxygen atoms in total. The fraction of sp³-hybridized carbons (Fsp3) is 0.583. The molecule has 4 N–H and O–H groups in total.